The number of carbonyl (C=O) groups is 1. The van der Waals surface area contributed by atoms with E-state index in [-0.39, 0.29) is 11.5 Å². The molecule has 1 aliphatic carbocycles. The summed E-state index contributed by atoms with van der Waals surface area (Å²) in [5.41, 5.74) is 0.218. The summed E-state index contributed by atoms with van der Waals surface area (Å²) in [7, 11) is 0. The summed E-state index contributed by atoms with van der Waals surface area (Å²) in [5, 5.41) is 0. The van der Waals surface area contributed by atoms with E-state index in [1.807, 2.05) is 4.90 Å². The molecule has 1 heterocycles. The molecule has 16 heavy (non-hydrogen) atoms. The number of piperidine rings is 1. The van der Waals surface area contributed by atoms with Gasteiger partial charge >= 0.3 is 0 Å². The van der Waals surface area contributed by atoms with E-state index >= 15 is 0 Å². The molecule has 3 rings (SSSR count). The molecule has 1 saturated carbocycles. The molecule has 2 aliphatic rings. The van der Waals surface area contributed by atoms with Crippen LogP contribution in [0.3, 0.4) is 0 Å². The van der Waals surface area contributed by atoms with Crippen molar-refractivity contribution < 1.29 is 9.18 Å². The van der Waals surface area contributed by atoms with E-state index in [1.54, 1.807) is 18.2 Å². The summed E-state index contributed by atoms with van der Waals surface area (Å²) in [4.78, 5) is 14.0. The van der Waals surface area contributed by atoms with Crippen molar-refractivity contribution in [1.29, 1.82) is 0 Å². The van der Waals surface area contributed by atoms with Crippen molar-refractivity contribution in [2.75, 3.05) is 6.54 Å². The molecule has 0 N–H and O–H groups in total. The molecule has 0 aromatic heterocycles. The maximum absolute atomic E-state index is 13.5. The Morgan fingerprint density at radius 1 is 1.31 bits per heavy atom. The van der Waals surface area contributed by atoms with Gasteiger partial charge in [0.1, 0.15) is 5.82 Å². The van der Waals surface area contributed by atoms with E-state index in [1.165, 1.54) is 12.5 Å². The van der Waals surface area contributed by atoms with Gasteiger partial charge in [-0.3, -0.25) is 4.79 Å². The number of hydrogen-bond acceptors (Lipinski definition) is 1. The maximum atomic E-state index is 13.5. The fraction of sp³-hybridized carbons (Fsp3) is 0.462. The van der Waals surface area contributed by atoms with Gasteiger partial charge in [0.05, 0.1) is 5.56 Å². The average molecular weight is 219 g/mol. The van der Waals surface area contributed by atoms with Crippen LogP contribution < -0.4 is 0 Å². The molecule has 0 radical (unpaired) electrons. The molecular formula is C13H14FNO. The second kappa shape index (κ2) is 3.58. The van der Waals surface area contributed by atoms with Gasteiger partial charge in [0.2, 0.25) is 0 Å². The number of likely N-dealkylation sites (tertiary alicyclic amines) is 1. The number of benzene rings is 1. The standard InChI is InChI=1S/C13H14FNO/c14-12-4-2-1-3-11(12)13(16)15-8-9-5-6-10(15)7-9/h1-4,9-10H,5-8H2. The lowest BCUT2D eigenvalue weighted by molar-refractivity contribution is 0.0699. The summed E-state index contributed by atoms with van der Waals surface area (Å²) in [5.74, 6) is 0.112. The molecule has 1 aromatic rings. The monoisotopic (exact) mass is 219 g/mol. The third-order valence-electron chi connectivity index (χ3n) is 3.77. The highest BCUT2D eigenvalue weighted by atomic mass is 19.1. The smallest absolute Gasteiger partial charge is 0.257 e. The summed E-state index contributed by atoms with van der Waals surface area (Å²) in [6.45, 7) is 0.817. The van der Waals surface area contributed by atoms with Crippen LogP contribution >= 0.6 is 0 Å². The Hall–Kier alpha value is -1.38. The summed E-state index contributed by atoms with van der Waals surface area (Å²) in [6, 6.07) is 6.61. The largest absolute Gasteiger partial charge is 0.335 e. The van der Waals surface area contributed by atoms with Crippen LogP contribution in [0.2, 0.25) is 0 Å². The van der Waals surface area contributed by atoms with Crippen molar-refractivity contribution >= 4 is 5.91 Å². The molecule has 1 aromatic carbocycles. The fourth-order valence-corrected chi connectivity index (χ4v) is 2.96. The van der Waals surface area contributed by atoms with Gasteiger partial charge in [0, 0.05) is 12.6 Å². The number of rotatable bonds is 1. The molecule has 1 amide bonds. The Morgan fingerprint density at radius 3 is 2.75 bits per heavy atom. The van der Waals surface area contributed by atoms with Crippen molar-refractivity contribution in [3.63, 3.8) is 0 Å². The van der Waals surface area contributed by atoms with Crippen LogP contribution in [0.4, 0.5) is 4.39 Å². The molecule has 3 heteroatoms. The second-order valence-corrected chi connectivity index (χ2v) is 4.77. The Balaban J connectivity index is 1.86. The fourth-order valence-electron chi connectivity index (χ4n) is 2.96. The van der Waals surface area contributed by atoms with Crippen LogP contribution in [0.25, 0.3) is 0 Å². The Bertz CT molecular complexity index is 432. The van der Waals surface area contributed by atoms with Crippen molar-refractivity contribution in [2.24, 2.45) is 5.92 Å². The molecule has 1 saturated heterocycles. The van der Waals surface area contributed by atoms with Gasteiger partial charge in [-0.2, -0.15) is 0 Å². The number of carbonyl (C=O) groups excluding carboxylic acids is 1. The lowest BCUT2D eigenvalue weighted by atomic mass is 10.1. The molecule has 2 nitrogen and oxygen atoms in total. The highest BCUT2D eigenvalue weighted by Crippen LogP contribution is 2.38. The predicted octanol–water partition coefficient (Wildman–Crippen LogP) is 2.45. The number of fused-ring (bicyclic) bond motifs is 2. The zero-order valence-corrected chi connectivity index (χ0v) is 9.03. The van der Waals surface area contributed by atoms with Gasteiger partial charge < -0.3 is 4.90 Å². The molecule has 1 aliphatic heterocycles. The summed E-state index contributed by atoms with van der Waals surface area (Å²) < 4.78 is 13.5. The molecule has 84 valence electrons. The minimum atomic E-state index is -0.407. The summed E-state index contributed by atoms with van der Waals surface area (Å²) >= 11 is 0. The SMILES string of the molecule is O=C(c1ccccc1F)N1CC2CCC1C2. The minimum Gasteiger partial charge on any atom is -0.335 e. The maximum Gasteiger partial charge on any atom is 0.257 e. The topological polar surface area (TPSA) is 20.3 Å². The zero-order chi connectivity index (χ0) is 11.1. The predicted molar refractivity (Wildman–Crippen MR) is 58.6 cm³/mol. The van der Waals surface area contributed by atoms with Crippen molar-refractivity contribution in [3.8, 4) is 0 Å². The van der Waals surface area contributed by atoms with Crippen LogP contribution in [-0.2, 0) is 0 Å². The number of halogens is 1. The normalized spacial score (nSPS) is 27.4. The first kappa shape index (κ1) is 9.82. The Morgan fingerprint density at radius 2 is 2.12 bits per heavy atom. The molecule has 2 unspecified atom stereocenters. The molecule has 0 spiro atoms. The molecule has 2 bridgehead atoms. The van der Waals surface area contributed by atoms with E-state index in [4.69, 9.17) is 0 Å². The highest BCUT2D eigenvalue weighted by molar-refractivity contribution is 5.95. The Labute approximate surface area is 94.1 Å². The lowest BCUT2D eigenvalue weighted by Gasteiger charge is -2.27. The van der Waals surface area contributed by atoms with Crippen LogP contribution in [0.15, 0.2) is 24.3 Å². The Kier molecular flexibility index (Phi) is 2.20. The third kappa shape index (κ3) is 1.42. The van der Waals surface area contributed by atoms with Gasteiger partial charge in [-0.1, -0.05) is 12.1 Å². The van der Waals surface area contributed by atoms with Gasteiger partial charge in [0.15, 0.2) is 0 Å². The van der Waals surface area contributed by atoms with E-state index in [0.717, 1.165) is 19.4 Å². The van der Waals surface area contributed by atoms with Crippen LogP contribution in [0, 0.1) is 11.7 Å². The van der Waals surface area contributed by atoms with Crippen molar-refractivity contribution in [3.05, 3.63) is 35.6 Å². The molecule has 2 fully saturated rings. The second-order valence-electron chi connectivity index (χ2n) is 4.77. The van der Waals surface area contributed by atoms with Crippen LogP contribution in [0.1, 0.15) is 29.6 Å². The number of amides is 1. The van der Waals surface area contributed by atoms with Crippen molar-refractivity contribution in [2.45, 2.75) is 25.3 Å². The van der Waals surface area contributed by atoms with E-state index in [0.29, 0.717) is 12.0 Å². The first-order valence-corrected chi connectivity index (χ1v) is 5.81. The van der Waals surface area contributed by atoms with Gasteiger partial charge in [-0.15, -0.1) is 0 Å². The number of nitrogens with zero attached hydrogens (tertiary/aromatic N) is 1. The number of hydrogen-bond donors (Lipinski definition) is 0. The summed E-state index contributed by atoms with van der Waals surface area (Å²) in [6.07, 6.45) is 3.43. The minimum absolute atomic E-state index is 0.134. The molecule has 2 atom stereocenters. The zero-order valence-electron chi connectivity index (χ0n) is 9.03. The van der Waals surface area contributed by atoms with Gasteiger partial charge in [-0.05, 0) is 37.3 Å². The van der Waals surface area contributed by atoms with Gasteiger partial charge in [0.25, 0.3) is 5.91 Å². The van der Waals surface area contributed by atoms with E-state index in [9.17, 15) is 9.18 Å². The van der Waals surface area contributed by atoms with Crippen LogP contribution in [0.5, 0.6) is 0 Å². The highest BCUT2D eigenvalue weighted by Gasteiger charge is 2.40. The average Bonchev–Trinajstić information content (AvgIpc) is 2.90. The third-order valence-corrected chi connectivity index (χ3v) is 3.77. The van der Waals surface area contributed by atoms with E-state index in [2.05, 4.69) is 0 Å². The quantitative estimate of drug-likeness (QED) is 0.710. The van der Waals surface area contributed by atoms with Crippen LogP contribution in [-0.4, -0.2) is 23.4 Å². The first-order chi connectivity index (χ1) is 7.75. The molecular weight excluding hydrogens is 205 g/mol. The first-order valence-electron chi connectivity index (χ1n) is 5.81. The van der Waals surface area contributed by atoms with E-state index < -0.39 is 5.82 Å². The van der Waals surface area contributed by atoms with Crippen molar-refractivity contribution in [1.82, 2.24) is 4.90 Å². The van der Waals surface area contributed by atoms with Gasteiger partial charge in [-0.25, -0.2) is 4.39 Å². The lowest BCUT2D eigenvalue weighted by Crippen LogP contribution is -2.38.